The van der Waals surface area contributed by atoms with Crippen molar-refractivity contribution < 1.29 is 70.2 Å². The molecule has 2 rings (SSSR count). The predicted molar refractivity (Wildman–Crippen MR) is 146 cm³/mol. The topological polar surface area (TPSA) is 196 Å². The fourth-order valence-corrected chi connectivity index (χ4v) is 6.88. The number of carbonyl (C=O) groups is 4. The molecule has 0 aliphatic carbocycles. The summed E-state index contributed by atoms with van der Waals surface area (Å²) in [5.41, 5.74) is -1.64. The maximum Gasteiger partial charge on any atom is 1.00 e. The number of esters is 1. The predicted octanol–water partition coefficient (Wildman–Crippen LogP) is 0.463. The molecule has 0 atom stereocenters. The van der Waals surface area contributed by atoms with Crippen molar-refractivity contribution in [2.75, 3.05) is 18.6 Å². The SMILES string of the molecule is CC(=O)c1ccc(S(=O)(=O)CC(C)(C)C(=O)O)cc1.COC(=O)C(C)(C)CS(=O)(=O)c1ccc(C(C)=O)cc1.[Li+].[OH-]. The fraction of sp³-hybridized carbons (Fsp3) is 0.407. The van der Waals surface area contributed by atoms with E-state index in [1.807, 2.05) is 0 Å². The molecule has 2 N–H and O–H groups in total. The average Bonchev–Trinajstić information content (AvgIpc) is 2.82. The average molecular weight is 607 g/mol. The summed E-state index contributed by atoms with van der Waals surface area (Å²) in [6.07, 6.45) is 0. The van der Waals surface area contributed by atoms with E-state index in [4.69, 9.17) is 5.11 Å². The van der Waals surface area contributed by atoms with Gasteiger partial charge in [0, 0.05) is 11.1 Å². The number of hydrogen-bond donors (Lipinski definition) is 1. The Hall–Kier alpha value is -2.82. The van der Waals surface area contributed by atoms with Crippen LogP contribution in [0.2, 0.25) is 0 Å². The van der Waals surface area contributed by atoms with Crippen LogP contribution in [0.5, 0.6) is 0 Å². The number of aliphatic carboxylic acids is 1. The van der Waals surface area contributed by atoms with Crippen LogP contribution >= 0.6 is 0 Å². The van der Waals surface area contributed by atoms with Crippen molar-refractivity contribution >= 4 is 43.2 Å². The number of ether oxygens (including phenoxy) is 1. The molecule has 0 saturated carbocycles. The van der Waals surface area contributed by atoms with E-state index in [0.717, 1.165) is 0 Å². The van der Waals surface area contributed by atoms with Crippen molar-refractivity contribution in [3.63, 3.8) is 0 Å². The first kappa shape index (κ1) is 40.3. The van der Waals surface area contributed by atoms with Crippen molar-refractivity contribution in [1.29, 1.82) is 0 Å². The van der Waals surface area contributed by atoms with Gasteiger partial charge in [-0.05, 0) is 65.8 Å². The zero-order chi connectivity index (χ0) is 30.4. The van der Waals surface area contributed by atoms with E-state index in [9.17, 15) is 36.0 Å². The van der Waals surface area contributed by atoms with Crippen molar-refractivity contribution in [2.24, 2.45) is 10.8 Å². The van der Waals surface area contributed by atoms with Crippen molar-refractivity contribution in [1.82, 2.24) is 0 Å². The first-order valence-electron chi connectivity index (χ1n) is 11.7. The summed E-state index contributed by atoms with van der Waals surface area (Å²) in [4.78, 5) is 44.9. The fourth-order valence-electron chi connectivity index (χ4n) is 3.31. The number of methoxy groups -OCH3 is 1. The molecule has 2 aromatic carbocycles. The maximum absolute atomic E-state index is 12.3. The molecule has 41 heavy (non-hydrogen) atoms. The van der Waals surface area contributed by atoms with Crippen LogP contribution in [0.4, 0.5) is 0 Å². The van der Waals surface area contributed by atoms with Crippen LogP contribution < -0.4 is 18.9 Å². The number of hydrogen-bond acceptors (Lipinski definition) is 10. The van der Waals surface area contributed by atoms with E-state index in [-0.39, 0.29) is 51.4 Å². The molecule has 0 heterocycles. The number of carboxylic acid groups (broad SMARTS) is 1. The van der Waals surface area contributed by atoms with Crippen LogP contribution in [0.25, 0.3) is 0 Å². The Balaban J connectivity index is 0. The molecular formula is C27H35LiO11S2. The summed E-state index contributed by atoms with van der Waals surface area (Å²) < 4.78 is 53.3. The first-order valence-corrected chi connectivity index (χ1v) is 15.0. The van der Waals surface area contributed by atoms with Gasteiger partial charge in [-0.15, -0.1) is 0 Å². The van der Waals surface area contributed by atoms with Gasteiger partial charge in [0.25, 0.3) is 0 Å². The van der Waals surface area contributed by atoms with E-state index < -0.39 is 48.2 Å². The van der Waals surface area contributed by atoms with Gasteiger partial charge >= 0.3 is 30.8 Å². The molecule has 0 saturated heterocycles. The molecule has 0 fully saturated rings. The molecule has 0 aliphatic rings. The molecule has 0 amide bonds. The van der Waals surface area contributed by atoms with E-state index in [1.54, 1.807) is 0 Å². The van der Waals surface area contributed by atoms with Gasteiger partial charge in [-0.1, -0.05) is 24.3 Å². The van der Waals surface area contributed by atoms with E-state index in [2.05, 4.69) is 4.74 Å². The Labute approximate surface area is 253 Å². The number of benzene rings is 2. The third-order valence-corrected chi connectivity index (χ3v) is 9.84. The minimum Gasteiger partial charge on any atom is -0.870 e. The number of Topliss-reactive ketones (excluding diaryl/α,β-unsaturated/α-hetero) is 2. The van der Waals surface area contributed by atoms with Gasteiger partial charge in [-0.3, -0.25) is 19.2 Å². The summed E-state index contributed by atoms with van der Waals surface area (Å²) in [5.74, 6) is -2.89. The van der Waals surface area contributed by atoms with E-state index in [1.165, 1.54) is 97.2 Å². The van der Waals surface area contributed by atoms with Crippen molar-refractivity contribution in [3.8, 4) is 0 Å². The molecule has 14 heteroatoms. The van der Waals surface area contributed by atoms with Crippen LogP contribution in [0.15, 0.2) is 58.3 Å². The first-order chi connectivity index (χ1) is 17.7. The minimum atomic E-state index is -3.70. The van der Waals surface area contributed by atoms with Gasteiger partial charge in [0.1, 0.15) is 0 Å². The number of carboxylic acids is 1. The van der Waals surface area contributed by atoms with Crippen LogP contribution in [0, 0.1) is 10.8 Å². The van der Waals surface area contributed by atoms with E-state index >= 15 is 0 Å². The van der Waals surface area contributed by atoms with Gasteiger partial charge in [0.05, 0.1) is 39.2 Å². The van der Waals surface area contributed by atoms with Crippen molar-refractivity contribution in [2.45, 2.75) is 51.3 Å². The summed E-state index contributed by atoms with van der Waals surface area (Å²) in [6.45, 7) is 8.54. The number of carbonyl (C=O) groups excluding carboxylic acids is 3. The summed E-state index contributed by atoms with van der Waals surface area (Å²) in [6, 6.07) is 11.2. The third-order valence-electron chi connectivity index (χ3n) is 5.66. The Kier molecular flexibility index (Phi) is 15.2. The standard InChI is InChI=1S/C14H18O5S.C13H16O5S.Li.H2O/c1-10(15)11-5-7-12(8-6-11)20(17,18)9-14(2,3)13(16)19-4;1-9(14)10-4-6-11(7-5-10)19(17,18)8-13(2,3)12(15)16;;/h5-8H,9H2,1-4H3;4-7H,8H2,1-3H3,(H,15,16);;1H2/q;;+1;/p-1. The van der Waals surface area contributed by atoms with Gasteiger partial charge in [0.2, 0.25) is 0 Å². The molecular weight excluding hydrogens is 571 g/mol. The van der Waals surface area contributed by atoms with Crippen LogP contribution in [0.3, 0.4) is 0 Å². The third kappa shape index (κ3) is 11.5. The molecule has 0 spiro atoms. The number of sulfone groups is 2. The molecule has 2 aromatic rings. The Morgan fingerprint density at radius 1 is 0.683 bits per heavy atom. The van der Waals surface area contributed by atoms with Crippen LogP contribution in [-0.2, 0) is 34.0 Å². The van der Waals surface area contributed by atoms with E-state index in [0.29, 0.717) is 11.1 Å². The Bertz CT molecular complexity index is 1440. The van der Waals surface area contributed by atoms with Gasteiger partial charge in [0.15, 0.2) is 31.2 Å². The van der Waals surface area contributed by atoms with Gasteiger partial charge in [-0.25, -0.2) is 16.8 Å². The zero-order valence-corrected chi connectivity index (χ0v) is 26.1. The minimum absolute atomic E-state index is 0. The molecule has 0 unspecified atom stereocenters. The second kappa shape index (κ2) is 15.4. The zero-order valence-electron chi connectivity index (χ0n) is 24.4. The monoisotopic (exact) mass is 606 g/mol. The normalized spacial score (nSPS) is 11.5. The summed E-state index contributed by atoms with van der Waals surface area (Å²) in [5, 5.41) is 8.96. The maximum atomic E-state index is 12.3. The van der Waals surface area contributed by atoms with Crippen LogP contribution in [-0.4, -0.2) is 69.5 Å². The second-order valence-corrected chi connectivity index (χ2v) is 14.2. The summed E-state index contributed by atoms with van der Waals surface area (Å²) >= 11 is 0. The Morgan fingerprint density at radius 2 is 0.976 bits per heavy atom. The molecule has 0 aliphatic heterocycles. The second-order valence-electron chi connectivity index (χ2n) is 10.2. The quantitative estimate of drug-likeness (QED) is 0.224. The smallest absolute Gasteiger partial charge is 0.870 e. The molecule has 0 radical (unpaired) electrons. The van der Waals surface area contributed by atoms with Gasteiger partial charge in [-0.2, -0.15) is 0 Å². The summed E-state index contributed by atoms with van der Waals surface area (Å²) in [7, 11) is -6.10. The molecule has 0 bridgehead atoms. The molecule has 222 valence electrons. The Morgan fingerprint density at radius 3 is 1.22 bits per heavy atom. The number of ketones is 2. The van der Waals surface area contributed by atoms with Crippen molar-refractivity contribution in [3.05, 3.63) is 59.7 Å². The largest absolute Gasteiger partial charge is 1.00 e. The molecule has 11 nitrogen and oxygen atoms in total. The van der Waals surface area contributed by atoms with Crippen LogP contribution in [0.1, 0.15) is 62.3 Å². The molecule has 0 aromatic heterocycles. The number of rotatable bonds is 10. The van der Waals surface area contributed by atoms with Gasteiger partial charge < -0.3 is 15.3 Å².